The summed E-state index contributed by atoms with van der Waals surface area (Å²) < 4.78 is 5.60. The van der Waals surface area contributed by atoms with Crippen molar-refractivity contribution in [1.29, 1.82) is 0 Å². The summed E-state index contributed by atoms with van der Waals surface area (Å²) in [6.45, 7) is 2.58. The fourth-order valence-corrected chi connectivity index (χ4v) is 4.70. The fraction of sp³-hybridized carbons (Fsp3) is 0.423. The Labute approximate surface area is 193 Å². The summed E-state index contributed by atoms with van der Waals surface area (Å²) in [6.07, 6.45) is 1.68. The number of carboxylic acids is 1. The molecule has 0 aromatic heterocycles. The Morgan fingerprint density at radius 3 is 2.27 bits per heavy atom. The van der Waals surface area contributed by atoms with Gasteiger partial charge in [-0.2, -0.15) is 0 Å². The summed E-state index contributed by atoms with van der Waals surface area (Å²) in [5.41, 5.74) is 4.64. The van der Waals surface area contributed by atoms with Gasteiger partial charge in [0.05, 0.1) is 5.92 Å². The van der Waals surface area contributed by atoms with Crippen LogP contribution >= 0.6 is 0 Å². The molecule has 174 valence electrons. The maximum Gasteiger partial charge on any atom is 0.407 e. The second kappa shape index (κ2) is 10.1. The minimum atomic E-state index is -0.810. The predicted octanol–water partition coefficient (Wildman–Crippen LogP) is 3.92. The van der Waals surface area contributed by atoms with Gasteiger partial charge < -0.3 is 20.5 Å². The summed E-state index contributed by atoms with van der Waals surface area (Å²) in [6, 6.07) is 16.0. The maximum absolute atomic E-state index is 12.6. The molecule has 0 heterocycles. The van der Waals surface area contributed by atoms with Crippen LogP contribution in [0.15, 0.2) is 48.5 Å². The lowest BCUT2D eigenvalue weighted by Gasteiger charge is -2.19. The van der Waals surface area contributed by atoms with Crippen LogP contribution in [0, 0.1) is 11.8 Å². The van der Waals surface area contributed by atoms with Crippen LogP contribution in [0.4, 0.5) is 4.79 Å². The highest BCUT2D eigenvalue weighted by Crippen LogP contribution is 2.44. The summed E-state index contributed by atoms with van der Waals surface area (Å²) in [7, 11) is 0. The number of carboxylic acid groups (broad SMARTS) is 1. The fourth-order valence-electron chi connectivity index (χ4n) is 4.70. The van der Waals surface area contributed by atoms with Crippen LogP contribution < -0.4 is 10.6 Å². The lowest BCUT2D eigenvalue weighted by atomic mass is 9.98. The van der Waals surface area contributed by atoms with E-state index in [1.54, 1.807) is 0 Å². The van der Waals surface area contributed by atoms with Gasteiger partial charge in [-0.15, -0.1) is 0 Å². The van der Waals surface area contributed by atoms with Crippen LogP contribution in [0.1, 0.15) is 49.7 Å². The quantitative estimate of drug-likeness (QED) is 0.509. The molecule has 2 amide bonds. The number of hydrogen-bond donors (Lipinski definition) is 3. The van der Waals surface area contributed by atoms with Crippen LogP contribution in [-0.2, 0) is 14.3 Å². The van der Waals surface area contributed by atoms with E-state index in [0.717, 1.165) is 17.5 Å². The van der Waals surface area contributed by atoms with Crippen LogP contribution in [0.2, 0.25) is 0 Å². The van der Waals surface area contributed by atoms with Crippen LogP contribution in [0.5, 0.6) is 0 Å². The van der Waals surface area contributed by atoms with Gasteiger partial charge in [0.25, 0.3) is 0 Å². The van der Waals surface area contributed by atoms with E-state index in [9.17, 15) is 14.4 Å². The van der Waals surface area contributed by atoms with Gasteiger partial charge in [0.15, 0.2) is 0 Å². The number of carbonyl (C=O) groups is 3. The summed E-state index contributed by atoms with van der Waals surface area (Å²) in [5.74, 6) is -1.36. The first-order valence-electron chi connectivity index (χ1n) is 11.6. The number of fused-ring (bicyclic) bond motifs is 3. The van der Waals surface area contributed by atoms with Crippen molar-refractivity contribution in [2.45, 2.75) is 44.6 Å². The third-order valence-corrected chi connectivity index (χ3v) is 6.54. The monoisotopic (exact) mass is 450 g/mol. The third-order valence-electron chi connectivity index (χ3n) is 6.54. The zero-order valence-corrected chi connectivity index (χ0v) is 18.8. The number of aliphatic carboxylic acids is 1. The average Bonchev–Trinajstić information content (AvgIpc) is 3.52. The highest BCUT2D eigenvalue weighted by atomic mass is 16.5. The second-order valence-electron chi connectivity index (χ2n) is 8.90. The largest absolute Gasteiger partial charge is 0.481 e. The Balaban J connectivity index is 1.29. The number of carbonyl (C=O) groups excluding carboxylic acids is 2. The molecular weight excluding hydrogens is 420 g/mol. The number of amides is 2. The van der Waals surface area contributed by atoms with Crippen molar-refractivity contribution in [1.82, 2.24) is 10.6 Å². The summed E-state index contributed by atoms with van der Waals surface area (Å²) >= 11 is 0. The first-order valence-corrected chi connectivity index (χ1v) is 11.6. The maximum atomic E-state index is 12.6. The first kappa shape index (κ1) is 22.8. The number of ether oxygens (including phenoxy) is 1. The van der Waals surface area contributed by atoms with Gasteiger partial charge in [-0.25, -0.2) is 4.79 Å². The minimum Gasteiger partial charge on any atom is -0.481 e. The van der Waals surface area contributed by atoms with E-state index in [1.165, 1.54) is 11.1 Å². The molecule has 4 rings (SSSR count). The van der Waals surface area contributed by atoms with Gasteiger partial charge in [-0.1, -0.05) is 61.9 Å². The second-order valence-corrected chi connectivity index (χ2v) is 8.90. The van der Waals surface area contributed by atoms with E-state index in [-0.39, 0.29) is 42.7 Å². The number of benzene rings is 2. The van der Waals surface area contributed by atoms with E-state index in [1.807, 2.05) is 31.2 Å². The molecule has 2 aromatic rings. The highest BCUT2D eigenvalue weighted by molar-refractivity contribution is 5.80. The van der Waals surface area contributed by atoms with E-state index in [0.29, 0.717) is 19.4 Å². The van der Waals surface area contributed by atoms with E-state index in [4.69, 9.17) is 9.84 Å². The van der Waals surface area contributed by atoms with Gasteiger partial charge in [-0.05, 0) is 41.0 Å². The smallest absolute Gasteiger partial charge is 0.407 e. The molecule has 0 bridgehead atoms. The molecule has 2 aliphatic rings. The number of alkyl carbamates (subject to hydrolysis) is 1. The highest BCUT2D eigenvalue weighted by Gasteiger charge is 2.43. The molecular formula is C26H30N2O5. The van der Waals surface area contributed by atoms with Crippen molar-refractivity contribution in [3.05, 3.63) is 59.7 Å². The van der Waals surface area contributed by atoms with Crippen molar-refractivity contribution < 1.29 is 24.2 Å². The van der Waals surface area contributed by atoms with Crippen molar-refractivity contribution in [2.75, 3.05) is 13.2 Å². The third kappa shape index (κ3) is 5.35. The average molecular weight is 451 g/mol. The van der Waals surface area contributed by atoms with Gasteiger partial charge >= 0.3 is 12.1 Å². The van der Waals surface area contributed by atoms with E-state index < -0.39 is 12.1 Å². The standard InChI is InChI=1S/C26H30N2O5/c1-2-7-17(13-24(29)27-14-16-12-22(16)25(30)31)28-26(32)33-15-23-20-10-5-3-8-18(20)19-9-4-6-11-21(19)23/h3-6,8-11,16-17,22-23H,2,7,12-15H2,1H3,(H,27,29)(H,28,32)(H,30,31). The lowest BCUT2D eigenvalue weighted by molar-refractivity contribution is -0.139. The van der Waals surface area contributed by atoms with Gasteiger partial charge in [-0.3, -0.25) is 9.59 Å². The molecule has 3 unspecified atom stereocenters. The SMILES string of the molecule is CCCC(CC(=O)NCC1CC1C(=O)O)NC(=O)OCC1c2ccccc2-c2ccccc21. The normalized spacial score (nSPS) is 19.2. The zero-order chi connectivity index (χ0) is 23.4. The predicted molar refractivity (Wildman–Crippen MR) is 124 cm³/mol. The van der Waals surface area contributed by atoms with Crippen molar-refractivity contribution >= 4 is 18.0 Å². The number of nitrogens with one attached hydrogen (secondary N) is 2. The molecule has 7 heteroatoms. The number of hydrogen-bond acceptors (Lipinski definition) is 4. The summed E-state index contributed by atoms with van der Waals surface area (Å²) in [4.78, 5) is 35.8. The van der Waals surface area contributed by atoms with E-state index >= 15 is 0 Å². The lowest BCUT2D eigenvalue weighted by Crippen LogP contribution is -2.40. The zero-order valence-electron chi connectivity index (χ0n) is 18.8. The van der Waals surface area contributed by atoms with Crippen molar-refractivity contribution in [2.24, 2.45) is 11.8 Å². The molecule has 7 nitrogen and oxygen atoms in total. The Kier molecular flexibility index (Phi) is 6.96. The Bertz CT molecular complexity index is 991. The molecule has 33 heavy (non-hydrogen) atoms. The number of rotatable bonds is 10. The molecule has 2 aliphatic carbocycles. The Hall–Kier alpha value is -3.35. The van der Waals surface area contributed by atoms with Gasteiger partial charge in [0, 0.05) is 24.9 Å². The first-order chi connectivity index (χ1) is 16.0. The van der Waals surface area contributed by atoms with Crippen LogP contribution in [-0.4, -0.2) is 42.3 Å². The van der Waals surface area contributed by atoms with Gasteiger partial charge in [0.2, 0.25) is 5.91 Å². The van der Waals surface area contributed by atoms with Crippen molar-refractivity contribution in [3.63, 3.8) is 0 Å². The molecule has 0 aliphatic heterocycles. The van der Waals surface area contributed by atoms with E-state index in [2.05, 4.69) is 34.9 Å². The summed E-state index contributed by atoms with van der Waals surface area (Å²) in [5, 5.41) is 14.6. The van der Waals surface area contributed by atoms with Crippen molar-refractivity contribution in [3.8, 4) is 11.1 Å². The molecule has 3 atom stereocenters. The molecule has 2 aromatic carbocycles. The molecule has 0 saturated heterocycles. The molecule has 0 spiro atoms. The van der Waals surface area contributed by atoms with Gasteiger partial charge in [0.1, 0.15) is 6.61 Å². The minimum absolute atomic E-state index is 0.00571. The molecule has 1 saturated carbocycles. The molecule has 3 N–H and O–H groups in total. The molecule has 1 fully saturated rings. The Morgan fingerprint density at radius 2 is 1.70 bits per heavy atom. The Morgan fingerprint density at radius 1 is 1.06 bits per heavy atom. The topological polar surface area (TPSA) is 105 Å². The van der Waals surface area contributed by atoms with Crippen LogP contribution in [0.25, 0.3) is 11.1 Å². The molecule has 0 radical (unpaired) electrons. The van der Waals surface area contributed by atoms with Crippen LogP contribution in [0.3, 0.4) is 0 Å².